The van der Waals surface area contributed by atoms with Gasteiger partial charge in [0.05, 0.1) is 17.0 Å². The van der Waals surface area contributed by atoms with Crippen molar-refractivity contribution >= 4 is 27.3 Å². The highest BCUT2D eigenvalue weighted by atomic mass is 35.5. The number of hydrogen-bond acceptors (Lipinski definition) is 4. The molecule has 0 aliphatic rings. The number of halogens is 1. The molecule has 0 heterocycles. The standard InChI is InChI=1S/C12H19ClN2O3S/c1-8-10(14)5-9(13)6-11(8)19(16,17)15-12(2,3)7-18-4/h5-6,15H,7,14H2,1-4H3. The van der Waals surface area contributed by atoms with Crippen LogP contribution in [0.25, 0.3) is 0 Å². The van der Waals surface area contributed by atoms with E-state index in [1.54, 1.807) is 20.8 Å². The minimum absolute atomic E-state index is 0.0849. The lowest BCUT2D eigenvalue weighted by atomic mass is 10.1. The summed E-state index contributed by atoms with van der Waals surface area (Å²) in [5.41, 5.74) is 5.84. The molecule has 0 fully saturated rings. The van der Waals surface area contributed by atoms with Crippen LogP contribution in [0.1, 0.15) is 19.4 Å². The zero-order valence-corrected chi connectivity index (χ0v) is 13.0. The Balaban J connectivity index is 3.22. The Kier molecular flexibility index (Phi) is 4.84. The topological polar surface area (TPSA) is 81.4 Å². The van der Waals surface area contributed by atoms with E-state index >= 15 is 0 Å². The molecule has 0 unspecified atom stereocenters. The molecule has 0 aliphatic heterocycles. The molecule has 0 atom stereocenters. The Morgan fingerprint density at radius 3 is 2.53 bits per heavy atom. The zero-order valence-electron chi connectivity index (χ0n) is 11.5. The van der Waals surface area contributed by atoms with Crippen molar-refractivity contribution < 1.29 is 13.2 Å². The van der Waals surface area contributed by atoms with Crippen LogP contribution in [-0.4, -0.2) is 27.7 Å². The molecule has 5 nitrogen and oxygen atoms in total. The van der Waals surface area contributed by atoms with E-state index in [0.717, 1.165) is 0 Å². The molecule has 0 radical (unpaired) electrons. The SMILES string of the molecule is COCC(C)(C)NS(=O)(=O)c1cc(Cl)cc(N)c1C. The van der Waals surface area contributed by atoms with E-state index in [1.165, 1.54) is 19.2 Å². The van der Waals surface area contributed by atoms with E-state index in [2.05, 4.69) is 4.72 Å². The van der Waals surface area contributed by atoms with Gasteiger partial charge < -0.3 is 10.5 Å². The van der Waals surface area contributed by atoms with E-state index in [9.17, 15) is 8.42 Å². The second-order valence-corrected chi connectivity index (χ2v) is 7.13. The average molecular weight is 307 g/mol. The van der Waals surface area contributed by atoms with E-state index in [1.807, 2.05) is 0 Å². The highest BCUT2D eigenvalue weighted by Crippen LogP contribution is 2.26. The van der Waals surface area contributed by atoms with Crippen molar-refractivity contribution in [3.8, 4) is 0 Å². The summed E-state index contributed by atoms with van der Waals surface area (Å²) >= 11 is 5.86. The molecule has 1 aromatic rings. The molecule has 0 aliphatic carbocycles. The molecule has 0 saturated carbocycles. The number of anilines is 1. The van der Waals surface area contributed by atoms with Crippen LogP contribution in [0, 0.1) is 6.92 Å². The highest BCUT2D eigenvalue weighted by Gasteiger charge is 2.28. The number of sulfonamides is 1. The van der Waals surface area contributed by atoms with Gasteiger partial charge in [-0.2, -0.15) is 0 Å². The third-order valence-electron chi connectivity index (χ3n) is 2.57. The lowest BCUT2D eigenvalue weighted by Crippen LogP contribution is -2.46. The lowest BCUT2D eigenvalue weighted by molar-refractivity contribution is 0.141. The third-order valence-corrected chi connectivity index (χ3v) is 4.61. The van der Waals surface area contributed by atoms with Gasteiger partial charge in [-0.05, 0) is 38.5 Å². The maximum Gasteiger partial charge on any atom is 0.241 e. The molecule has 1 aromatic carbocycles. The maximum atomic E-state index is 12.4. The van der Waals surface area contributed by atoms with Crippen molar-refractivity contribution in [2.24, 2.45) is 0 Å². The fourth-order valence-electron chi connectivity index (χ4n) is 1.76. The quantitative estimate of drug-likeness (QED) is 0.815. The van der Waals surface area contributed by atoms with Gasteiger partial charge in [0.15, 0.2) is 0 Å². The Morgan fingerprint density at radius 2 is 2.00 bits per heavy atom. The van der Waals surface area contributed by atoms with E-state index in [0.29, 0.717) is 11.3 Å². The Labute approximate surface area is 119 Å². The fraction of sp³-hybridized carbons (Fsp3) is 0.500. The normalized spacial score (nSPS) is 12.7. The first-order valence-corrected chi connectivity index (χ1v) is 7.54. The monoisotopic (exact) mass is 306 g/mol. The van der Waals surface area contributed by atoms with Crippen LogP contribution in [-0.2, 0) is 14.8 Å². The summed E-state index contributed by atoms with van der Waals surface area (Å²) in [5, 5.41) is 0.285. The smallest absolute Gasteiger partial charge is 0.241 e. The Morgan fingerprint density at radius 1 is 1.42 bits per heavy atom. The molecule has 7 heteroatoms. The van der Waals surface area contributed by atoms with Crippen LogP contribution in [0.3, 0.4) is 0 Å². The first-order chi connectivity index (χ1) is 8.59. The molecule has 0 amide bonds. The molecule has 0 bridgehead atoms. The van der Waals surface area contributed by atoms with E-state index in [-0.39, 0.29) is 16.5 Å². The fourth-order valence-corrected chi connectivity index (χ4v) is 3.75. The largest absolute Gasteiger partial charge is 0.398 e. The van der Waals surface area contributed by atoms with Gasteiger partial charge in [-0.3, -0.25) is 0 Å². The highest BCUT2D eigenvalue weighted by molar-refractivity contribution is 7.89. The number of nitrogen functional groups attached to an aromatic ring is 1. The molecule has 0 aromatic heterocycles. The molecule has 3 N–H and O–H groups in total. The van der Waals surface area contributed by atoms with Crippen molar-refractivity contribution in [1.29, 1.82) is 0 Å². The van der Waals surface area contributed by atoms with Gasteiger partial charge >= 0.3 is 0 Å². The van der Waals surface area contributed by atoms with Crippen molar-refractivity contribution in [2.75, 3.05) is 19.5 Å². The van der Waals surface area contributed by atoms with Gasteiger partial charge in [-0.1, -0.05) is 11.6 Å². The second kappa shape index (κ2) is 5.66. The van der Waals surface area contributed by atoms with Crippen LogP contribution in [0.4, 0.5) is 5.69 Å². The summed E-state index contributed by atoms with van der Waals surface area (Å²) in [6.45, 7) is 5.36. The number of ether oxygens (including phenoxy) is 1. The molecule has 0 saturated heterocycles. The van der Waals surface area contributed by atoms with Crippen molar-refractivity contribution in [3.63, 3.8) is 0 Å². The first-order valence-electron chi connectivity index (χ1n) is 5.67. The summed E-state index contributed by atoms with van der Waals surface area (Å²) in [4.78, 5) is 0.0849. The second-order valence-electron chi connectivity index (χ2n) is 5.04. The number of nitrogens with two attached hydrogens (primary N) is 1. The molecule has 0 spiro atoms. The number of hydrogen-bond donors (Lipinski definition) is 2. The van der Waals surface area contributed by atoms with Crippen molar-refractivity contribution in [2.45, 2.75) is 31.2 Å². The van der Waals surface area contributed by atoms with Crippen LogP contribution >= 0.6 is 11.6 Å². The maximum absolute atomic E-state index is 12.4. The van der Waals surface area contributed by atoms with Crippen LogP contribution in [0.15, 0.2) is 17.0 Å². The van der Waals surface area contributed by atoms with Crippen molar-refractivity contribution in [3.05, 3.63) is 22.7 Å². The summed E-state index contributed by atoms with van der Waals surface area (Å²) < 4.78 is 32.3. The summed E-state index contributed by atoms with van der Waals surface area (Å²) in [6, 6.07) is 2.91. The third kappa shape index (κ3) is 4.07. The summed E-state index contributed by atoms with van der Waals surface area (Å²) in [7, 11) is -2.20. The molecular formula is C12H19ClN2O3S. The first kappa shape index (κ1) is 16.2. The zero-order chi connectivity index (χ0) is 14.8. The summed E-state index contributed by atoms with van der Waals surface area (Å²) in [5.74, 6) is 0. The minimum atomic E-state index is -3.71. The van der Waals surface area contributed by atoms with E-state index < -0.39 is 15.6 Å². The summed E-state index contributed by atoms with van der Waals surface area (Å²) in [6.07, 6.45) is 0. The molecule has 108 valence electrons. The van der Waals surface area contributed by atoms with Gasteiger partial charge in [0.25, 0.3) is 0 Å². The predicted molar refractivity (Wildman–Crippen MR) is 76.9 cm³/mol. The minimum Gasteiger partial charge on any atom is -0.398 e. The number of rotatable bonds is 5. The van der Waals surface area contributed by atoms with Gasteiger partial charge in [0.2, 0.25) is 10.0 Å². The van der Waals surface area contributed by atoms with Crippen LogP contribution in [0.5, 0.6) is 0 Å². The lowest BCUT2D eigenvalue weighted by Gasteiger charge is -2.25. The Bertz CT molecular complexity index is 571. The van der Waals surface area contributed by atoms with Crippen LogP contribution < -0.4 is 10.5 Å². The average Bonchev–Trinajstić information content (AvgIpc) is 2.21. The number of methoxy groups -OCH3 is 1. The van der Waals surface area contributed by atoms with Crippen LogP contribution in [0.2, 0.25) is 5.02 Å². The van der Waals surface area contributed by atoms with Crippen molar-refractivity contribution in [1.82, 2.24) is 4.72 Å². The number of benzene rings is 1. The molecular weight excluding hydrogens is 288 g/mol. The molecule has 1 rings (SSSR count). The van der Waals surface area contributed by atoms with E-state index in [4.69, 9.17) is 22.1 Å². The predicted octanol–water partition coefficient (Wildman–Crippen LogP) is 1.93. The van der Waals surface area contributed by atoms with Gasteiger partial charge in [0.1, 0.15) is 0 Å². The molecule has 19 heavy (non-hydrogen) atoms. The van der Waals surface area contributed by atoms with Gasteiger partial charge in [-0.15, -0.1) is 0 Å². The Hall–Kier alpha value is -0.820. The number of nitrogens with one attached hydrogen (secondary N) is 1. The van der Waals surface area contributed by atoms with Gasteiger partial charge in [-0.25, -0.2) is 13.1 Å². The van der Waals surface area contributed by atoms with Gasteiger partial charge in [0, 0.05) is 17.8 Å².